The predicted molar refractivity (Wildman–Crippen MR) is 66.4 cm³/mol. The van der Waals surface area contributed by atoms with E-state index in [0.717, 1.165) is 23.5 Å². The molecule has 1 aromatic carbocycles. The molecule has 1 aliphatic heterocycles. The summed E-state index contributed by atoms with van der Waals surface area (Å²) in [6.07, 6.45) is 3.03. The number of fused-ring (bicyclic) bond motifs is 1. The van der Waals surface area contributed by atoms with Crippen molar-refractivity contribution in [1.29, 1.82) is 0 Å². The summed E-state index contributed by atoms with van der Waals surface area (Å²) >= 11 is 5.66. The maximum Gasteiger partial charge on any atom is 0.161 e. The minimum atomic E-state index is 0.626. The molecule has 1 aromatic rings. The number of rotatable bonds is 3. The van der Waals surface area contributed by atoms with E-state index in [1.54, 1.807) is 0 Å². The van der Waals surface area contributed by atoms with Gasteiger partial charge < -0.3 is 9.47 Å². The van der Waals surface area contributed by atoms with Gasteiger partial charge in [0.1, 0.15) is 13.2 Å². The van der Waals surface area contributed by atoms with E-state index in [4.69, 9.17) is 21.1 Å². The van der Waals surface area contributed by atoms with Crippen molar-refractivity contribution in [2.45, 2.75) is 13.3 Å². The molecule has 0 atom stereocenters. The van der Waals surface area contributed by atoms with Gasteiger partial charge in [0.25, 0.3) is 0 Å². The number of ether oxygens (including phenoxy) is 2. The van der Waals surface area contributed by atoms with Crippen LogP contribution >= 0.6 is 11.6 Å². The highest BCUT2D eigenvalue weighted by molar-refractivity contribution is 6.17. The summed E-state index contributed by atoms with van der Waals surface area (Å²) in [4.78, 5) is 0. The molecular formula is C13H15ClO2. The van der Waals surface area contributed by atoms with Crippen molar-refractivity contribution in [3.63, 3.8) is 0 Å². The Balaban J connectivity index is 2.22. The van der Waals surface area contributed by atoms with Gasteiger partial charge in [-0.1, -0.05) is 12.1 Å². The fourth-order valence-electron chi connectivity index (χ4n) is 1.68. The number of hydrogen-bond acceptors (Lipinski definition) is 2. The van der Waals surface area contributed by atoms with Gasteiger partial charge in [0.05, 0.1) is 0 Å². The molecule has 0 fully saturated rings. The van der Waals surface area contributed by atoms with Gasteiger partial charge in [0.2, 0.25) is 0 Å². The van der Waals surface area contributed by atoms with E-state index in [9.17, 15) is 0 Å². The van der Waals surface area contributed by atoms with Crippen molar-refractivity contribution in [1.82, 2.24) is 0 Å². The Morgan fingerprint density at radius 2 is 2.06 bits per heavy atom. The van der Waals surface area contributed by atoms with Crippen LogP contribution in [-0.4, -0.2) is 19.1 Å². The lowest BCUT2D eigenvalue weighted by Gasteiger charge is -2.19. The molecular weight excluding hydrogens is 224 g/mol. The van der Waals surface area contributed by atoms with Crippen LogP contribution in [0.3, 0.4) is 0 Å². The van der Waals surface area contributed by atoms with Crippen LogP contribution in [0.5, 0.6) is 11.5 Å². The molecule has 0 unspecified atom stereocenters. The first kappa shape index (κ1) is 11.3. The zero-order chi connectivity index (χ0) is 11.4. The third kappa shape index (κ3) is 2.50. The lowest BCUT2D eigenvalue weighted by molar-refractivity contribution is 0.171. The van der Waals surface area contributed by atoms with Crippen LogP contribution in [0.4, 0.5) is 0 Å². The molecule has 1 heterocycles. The molecule has 0 aromatic heterocycles. The standard InChI is InChI=1S/C13H15ClO2/c1-10(3-2-6-14)11-4-5-12-13(9-11)16-8-7-15-12/h3-5,9H,2,6-8H2,1H3/b10-3+. The molecule has 0 aliphatic carbocycles. The minimum absolute atomic E-state index is 0.626. The highest BCUT2D eigenvalue weighted by atomic mass is 35.5. The van der Waals surface area contributed by atoms with Crippen LogP contribution in [0.25, 0.3) is 5.57 Å². The van der Waals surface area contributed by atoms with Gasteiger partial charge in [0, 0.05) is 5.88 Å². The number of benzene rings is 1. The topological polar surface area (TPSA) is 18.5 Å². The summed E-state index contributed by atoms with van der Waals surface area (Å²) in [5.74, 6) is 2.32. The largest absolute Gasteiger partial charge is 0.486 e. The molecule has 0 N–H and O–H groups in total. The summed E-state index contributed by atoms with van der Waals surface area (Å²) in [5, 5.41) is 0. The van der Waals surface area contributed by atoms with Gasteiger partial charge >= 0.3 is 0 Å². The van der Waals surface area contributed by atoms with Crippen molar-refractivity contribution in [3.05, 3.63) is 29.8 Å². The first-order chi connectivity index (χ1) is 7.81. The van der Waals surface area contributed by atoms with E-state index >= 15 is 0 Å². The maximum absolute atomic E-state index is 5.66. The minimum Gasteiger partial charge on any atom is -0.486 e. The fraction of sp³-hybridized carbons (Fsp3) is 0.385. The molecule has 3 heteroatoms. The van der Waals surface area contributed by atoms with Crippen LogP contribution < -0.4 is 9.47 Å². The Bertz CT molecular complexity index is 399. The molecule has 2 nitrogen and oxygen atoms in total. The van der Waals surface area contributed by atoms with Gasteiger partial charge in [-0.05, 0) is 36.6 Å². The van der Waals surface area contributed by atoms with Crippen LogP contribution in [-0.2, 0) is 0 Å². The SMILES string of the molecule is C/C(=C\CCCl)c1ccc2c(c1)OCCO2. The van der Waals surface area contributed by atoms with Crippen molar-refractivity contribution in [3.8, 4) is 11.5 Å². The summed E-state index contributed by atoms with van der Waals surface area (Å²) in [5.41, 5.74) is 2.38. The molecule has 2 rings (SSSR count). The van der Waals surface area contributed by atoms with Gasteiger partial charge in [0.15, 0.2) is 11.5 Å². The molecule has 0 saturated carbocycles. The monoisotopic (exact) mass is 238 g/mol. The van der Waals surface area contributed by atoms with E-state index in [1.807, 2.05) is 18.2 Å². The number of alkyl halides is 1. The van der Waals surface area contributed by atoms with E-state index < -0.39 is 0 Å². The summed E-state index contributed by atoms with van der Waals surface area (Å²) in [6.45, 7) is 3.34. The molecule has 0 spiro atoms. The first-order valence-electron chi connectivity index (χ1n) is 5.44. The van der Waals surface area contributed by atoms with Crippen molar-refractivity contribution in [2.75, 3.05) is 19.1 Å². The van der Waals surface area contributed by atoms with Crippen LogP contribution in [0.1, 0.15) is 18.9 Å². The van der Waals surface area contributed by atoms with Crippen LogP contribution in [0.15, 0.2) is 24.3 Å². The molecule has 0 radical (unpaired) electrons. The Morgan fingerprint density at radius 1 is 1.31 bits per heavy atom. The highest BCUT2D eigenvalue weighted by Crippen LogP contribution is 2.32. The van der Waals surface area contributed by atoms with E-state index in [2.05, 4.69) is 13.0 Å². The number of halogens is 1. The van der Waals surface area contributed by atoms with Gasteiger partial charge in [-0.15, -0.1) is 11.6 Å². The lowest BCUT2D eigenvalue weighted by Crippen LogP contribution is -2.15. The zero-order valence-corrected chi connectivity index (χ0v) is 10.1. The molecule has 1 aliphatic rings. The second-order valence-corrected chi connectivity index (χ2v) is 4.10. The molecule has 86 valence electrons. The maximum atomic E-state index is 5.66. The van der Waals surface area contributed by atoms with Gasteiger partial charge in [-0.2, -0.15) is 0 Å². The Labute approximate surface area is 101 Å². The van der Waals surface area contributed by atoms with E-state index in [0.29, 0.717) is 19.1 Å². The predicted octanol–water partition coefficient (Wildman–Crippen LogP) is 3.49. The Kier molecular flexibility index (Phi) is 3.73. The molecule has 0 amide bonds. The Morgan fingerprint density at radius 3 is 2.81 bits per heavy atom. The molecule has 0 bridgehead atoms. The second-order valence-electron chi connectivity index (χ2n) is 3.72. The first-order valence-corrected chi connectivity index (χ1v) is 5.97. The average Bonchev–Trinajstić information content (AvgIpc) is 2.35. The summed E-state index contributed by atoms with van der Waals surface area (Å²) in [6, 6.07) is 6.03. The van der Waals surface area contributed by atoms with Crippen molar-refractivity contribution >= 4 is 17.2 Å². The average molecular weight is 239 g/mol. The van der Waals surface area contributed by atoms with Crippen molar-refractivity contribution in [2.24, 2.45) is 0 Å². The Hall–Kier alpha value is -1.15. The molecule has 16 heavy (non-hydrogen) atoms. The smallest absolute Gasteiger partial charge is 0.161 e. The zero-order valence-electron chi connectivity index (χ0n) is 9.33. The quantitative estimate of drug-likeness (QED) is 0.751. The fourth-order valence-corrected chi connectivity index (χ4v) is 1.79. The normalized spacial score (nSPS) is 15.0. The van der Waals surface area contributed by atoms with Gasteiger partial charge in [-0.3, -0.25) is 0 Å². The summed E-state index contributed by atoms with van der Waals surface area (Å²) < 4.78 is 11.0. The highest BCUT2D eigenvalue weighted by Gasteiger charge is 2.11. The molecule has 0 saturated heterocycles. The van der Waals surface area contributed by atoms with Crippen LogP contribution in [0.2, 0.25) is 0 Å². The van der Waals surface area contributed by atoms with Crippen molar-refractivity contribution < 1.29 is 9.47 Å². The number of hydrogen-bond donors (Lipinski definition) is 0. The summed E-state index contributed by atoms with van der Waals surface area (Å²) in [7, 11) is 0. The third-order valence-electron chi connectivity index (χ3n) is 2.56. The van der Waals surface area contributed by atoms with Gasteiger partial charge in [-0.25, -0.2) is 0 Å². The van der Waals surface area contributed by atoms with E-state index in [-0.39, 0.29) is 0 Å². The van der Waals surface area contributed by atoms with E-state index in [1.165, 1.54) is 5.57 Å². The lowest BCUT2D eigenvalue weighted by atomic mass is 10.1. The van der Waals surface area contributed by atoms with Crippen LogP contribution in [0, 0.1) is 0 Å². The third-order valence-corrected chi connectivity index (χ3v) is 2.78. The second kappa shape index (κ2) is 5.26. The number of allylic oxidation sites excluding steroid dienone is 2.